The predicted octanol–water partition coefficient (Wildman–Crippen LogP) is 3.16. The Labute approximate surface area is 166 Å². The Morgan fingerprint density at radius 2 is 1.81 bits per heavy atom. The van der Waals surface area contributed by atoms with Gasteiger partial charge in [0.25, 0.3) is 5.91 Å². The van der Waals surface area contributed by atoms with Crippen molar-refractivity contribution in [2.75, 3.05) is 33.3 Å². The third-order valence-electron chi connectivity index (χ3n) is 5.42. The number of ether oxygens (including phenoxy) is 1. The summed E-state index contributed by atoms with van der Waals surface area (Å²) < 4.78 is 5.24. The molecule has 1 aromatic heterocycles. The lowest BCUT2D eigenvalue weighted by Crippen LogP contribution is -2.33. The molecule has 2 aliphatic rings. The number of carbonyl (C=O) groups excluding carboxylic acids is 1. The normalized spacial score (nSPS) is 22.0. The number of hydrogen-bond acceptors (Lipinski definition) is 4. The molecular formula is C19H25Cl2N3O2. The zero-order valence-corrected chi connectivity index (χ0v) is 16.4. The summed E-state index contributed by atoms with van der Waals surface area (Å²) in [5.41, 5.74) is 1.37. The highest BCUT2D eigenvalue weighted by Crippen LogP contribution is 2.28. The zero-order chi connectivity index (χ0) is 16.5. The Balaban J connectivity index is 0.00000121. The van der Waals surface area contributed by atoms with E-state index in [1.54, 1.807) is 7.11 Å². The number of likely N-dealkylation sites (tertiary alicyclic amines) is 1. The molecule has 3 heterocycles. The van der Waals surface area contributed by atoms with Crippen LogP contribution in [0.2, 0.25) is 0 Å². The van der Waals surface area contributed by atoms with Gasteiger partial charge in [0, 0.05) is 18.5 Å². The number of hydrogen-bond donors (Lipinski definition) is 1. The number of pyridine rings is 1. The molecule has 1 N–H and O–H groups in total. The van der Waals surface area contributed by atoms with Crippen LogP contribution < -0.4 is 10.1 Å². The van der Waals surface area contributed by atoms with Gasteiger partial charge in [0.1, 0.15) is 11.4 Å². The Bertz CT molecular complexity index is 758. The summed E-state index contributed by atoms with van der Waals surface area (Å²) in [5.74, 6) is 2.30. The first-order valence-electron chi connectivity index (χ1n) is 8.69. The first-order chi connectivity index (χ1) is 11.7. The minimum absolute atomic E-state index is 0. The highest BCUT2D eigenvalue weighted by Gasteiger charge is 2.31. The van der Waals surface area contributed by atoms with Crippen LogP contribution in [-0.2, 0) is 0 Å². The van der Waals surface area contributed by atoms with Crippen LogP contribution in [0, 0.1) is 11.8 Å². The predicted molar refractivity (Wildman–Crippen MR) is 108 cm³/mol. The number of halogens is 2. The monoisotopic (exact) mass is 397 g/mol. The third kappa shape index (κ3) is 4.05. The summed E-state index contributed by atoms with van der Waals surface area (Å²) in [6.45, 7) is 3.87. The number of rotatable bonds is 2. The molecule has 26 heavy (non-hydrogen) atoms. The molecule has 7 heteroatoms. The smallest absolute Gasteiger partial charge is 0.272 e. The van der Waals surface area contributed by atoms with Crippen LogP contribution in [-0.4, -0.2) is 49.1 Å². The Hall–Kier alpha value is -1.56. The van der Waals surface area contributed by atoms with E-state index in [-0.39, 0.29) is 30.7 Å². The molecule has 142 valence electrons. The van der Waals surface area contributed by atoms with Gasteiger partial charge in [0.15, 0.2) is 0 Å². The molecule has 5 nitrogen and oxygen atoms in total. The molecule has 2 aliphatic heterocycles. The molecule has 2 aromatic rings. The summed E-state index contributed by atoms with van der Waals surface area (Å²) in [6.07, 6.45) is 2.18. The van der Waals surface area contributed by atoms with E-state index in [0.717, 1.165) is 67.5 Å². The maximum atomic E-state index is 12.9. The lowest BCUT2D eigenvalue weighted by atomic mass is 9.92. The molecule has 4 rings (SSSR count). The molecule has 0 aliphatic carbocycles. The first kappa shape index (κ1) is 20.7. The Morgan fingerprint density at radius 3 is 2.46 bits per heavy atom. The second-order valence-corrected chi connectivity index (χ2v) is 6.80. The quantitative estimate of drug-likeness (QED) is 0.845. The summed E-state index contributed by atoms with van der Waals surface area (Å²) in [6, 6.07) is 9.51. The fourth-order valence-corrected chi connectivity index (χ4v) is 3.93. The molecule has 1 aromatic carbocycles. The van der Waals surface area contributed by atoms with Crippen LogP contribution >= 0.6 is 24.8 Å². The van der Waals surface area contributed by atoms with E-state index in [0.29, 0.717) is 5.69 Å². The molecule has 0 unspecified atom stereocenters. The number of nitrogens with zero attached hydrogens (tertiary/aromatic N) is 2. The number of aromatic nitrogens is 1. The van der Waals surface area contributed by atoms with Gasteiger partial charge in [0.05, 0.1) is 12.6 Å². The second kappa shape index (κ2) is 8.89. The fraction of sp³-hybridized carbons (Fsp3) is 0.474. The molecule has 2 fully saturated rings. The van der Waals surface area contributed by atoms with Gasteiger partial charge in [-0.3, -0.25) is 4.79 Å². The molecule has 1 amide bonds. The van der Waals surface area contributed by atoms with Crippen molar-refractivity contribution in [3.8, 4) is 5.75 Å². The standard InChI is InChI=1S/C19H23N3O2.2ClH/c1-24-16-3-5-17-13(10-16)2-4-18(21-17)19(23)22-8-6-14-11-20-12-15(14)7-9-22;;/h2-5,10,14-15,20H,6-9,11-12H2,1H3;2*1H/t14-,15+;;. The Morgan fingerprint density at radius 1 is 1.12 bits per heavy atom. The van der Waals surface area contributed by atoms with Crippen molar-refractivity contribution in [3.05, 3.63) is 36.0 Å². The van der Waals surface area contributed by atoms with Crippen LogP contribution in [0.5, 0.6) is 5.75 Å². The molecular weight excluding hydrogens is 373 g/mol. The number of nitrogens with one attached hydrogen (secondary N) is 1. The lowest BCUT2D eigenvalue weighted by Gasteiger charge is -2.20. The highest BCUT2D eigenvalue weighted by molar-refractivity contribution is 5.95. The van der Waals surface area contributed by atoms with Crippen LogP contribution in [0.3, 0.4) is 0 Å². The number of benzene rings is 1. The average molecular weight is 398 g/mol. The third-order valence-corrected chi connectivity index (χ3v) is 5.42. The van der Waals surface area contributed by atoms with Crippen molar-refractivity contribution in [3.63, 3.8) is 0 Å². The van der Waals surface area contributed by atoms with Gasteiger partial charge in [-0.15, -0.1) is 24.8 Å². The Kier molecular flexibility index (Phi) is 7.09. The second-order valence-electron chi connectivity index (χ2n) is 6.80. The van der Waals surface area contributed by atoms with Crippen molar-refractivity contribution in [2.45, 2.75) is 12.8 Å². The fourth-order valence-electron chi connectivity index (χ4n) is 3.93. The molecule has 0 bridgehead atoms. The molecule has 0 spiro atoms. The summed E-state index contributed by atoms with van der Waals surface area (Å²) in [4.78, 5) is 19.4. The van der Waals surface area contributed by atoms with Crippen LogP contribution in [0.25, 0.3) is 10.9 Å². The van der Waals surface area contributed by atoms with E-state index in [9.17, 15) is 4.79 Å². The first-order valence-corrected chi connectivity index (χ1v) is 8.69. The molecule has 0 radical (unpaired) electrons. The number of amides is 1. The summed E-state index contributed by atoms with van der Waals surface area (Å²) >= 11 is 0. The van der Waals surface area contributed by atoms with Crippen LogP contribution in [0.1, 0.15) is 23.3 Å². The zero-order valence-electron chi connectivity index (χ0n) is 14.8. The number of methoxy groups -OCH3 is 1. The molecule has 2 saturated heterocycles. The highest BCUT2D eigenvalue weighted by atomic mass is 35.5. The van der Waals surface area contributed by atoms with E-state index in [2.05, 4.69) is 10.3 Å². The van der Waals surface area contributed by atoms with Crippen LogP contribution in [0.15, 0.2) is 30.3 Å². The number of fused-ring (bicyclic) bond motifs is 2. The SMILES string of the molecule is COc1ccc2nc(C(=O)N3CC[C@@H]4CNC[C@@H]4CC3)ccc2c1.Cl.Cl. The van der Waals surface area contributed by atoms with Crippen molar-refractivity contribution in [2.24, 2.45) is 11.8 Å². The van der Waals surface area contributed by atoms with Gasteiger partial charge < -0.3 is 15.0 Å². The van der Waals surface area contributed by atoms with E-state index in [4.69, 9.17) is 4.74 Å². The maximum Gasteiger partial charge on any atom is 0.272 e. The maximum absolute atomic E-state index is 12.9. The molecule has 0 saturated carbocycles. The lowest BCUT2D eigenvalue weighted by molar-refractivity contribution is 0.0753. The van der Waals surface area contributed by atoms with Crippen molar-refractivity contribution in [1.29, 1.82) is 0 Å². The minimum atomic E-state index is 0. The largest absolute Gasteiger partial charge is 0.497 e. The van der Waals surface area contributed by atoms with Crippen molar-refractivity contribution < 1.29 is 9.53 Å². The van der Waals surface area contributed by atoms with E-state index < -0.39 is 0 Å². The van der Waals surface area contributed by atoms with E-state index in [1.807, 2.05) is 35.2 Å². The van der Waals surface area contributed by atoms with Crippen molar-refractivity contribution in [1.82, 2.24) is 15.2 Å². The van der Waals surface area contributed by atoms with Gasteiger partial charge in [0.2, 0.25) is 0 Å². The van der Waals surface area contributed by atoms with Gasteiger partial charge in [-0.05, 0) is 62.0 Å². The van der Waals surface area contributed by atoms with E-state index in [1.165, 1.54) is 0 Å². The summed E-state index contributed by atoms with van der Waals surface area (Å²) in [5, 5.41) is 4.46. The average Bonchev–Trinajstić information content (AvgIpc) is 2.98. The van der Waals surface area contributed by atoms with Gasteiger partial charge in [-0.1, -0.05) is 6.07 Å². The van der Waals surface area contributed by atoms with Gasteiger partial charge >= 0.3 is 0 Å². The minimum Gasteiger partial charge on any atom is -0.497 e. The van der Waals surface area contributed by atoms with Gasteiger partial charge in [-0.2, -0.15) is 0 Å². The topological polar surface area (TPSA) is 54.5 Å². The van der Waals surface area contributed by atoms with Crippen LogP contribution in [0.4, 0.5) is 0 Å². The summed E-state index contributed by atoms with van der Waals surface area (Å²) in [7, 11) is 1.65. The van der Waals surface area contributed by atoms with Crippen molar-refractivity contribution >= 4 is 41.6 Å². The van der Waals surface area contributed by atoms with E-state index >= 15 is 0 Å². The van der Waals surface area contributed by atoms with Gasteiger partial charge in [-0.25, -0.2) is 4.98 Å². The number of carbonyl (C=O) groups is 1. The molecule has 2 atom stereocenters.